The van der Waals surface area contributed by atoms with Crippen LogP contribution in [0.1, 0.15) is 31.1 Å². The first kappa shape index (κ1) is 15.2. The molecule has 0 saturated carbocycles. The van der Waals surface area contributed by atoms with Gasteiger partial charge in [-0.3, -0.25) is 9.69 Å². The van der Waals surface area contributed by atoms with Gasteiger partial charge in [0.05, 0.1) is 12.6 Å². The van der Waals surface area contributed by atoms with Crippen LogP contribution in [-0.2, 0) is 0 Å². The molecule has 0 aliphatic heterocycles. The maximum atomic E-state index is 12.3. The van der Waals surface area contributed by atoms with Crippen molar-refractivity contribution in [1.29, 1.82) is 0 Å². The van der Waals surface area contributed by atoms with Crippen molar-refractivity contribution in [1.82, 2.24) is 4.90 Å². The topological polar surface area (TPSA) is 40.5 Å². The summed E-state index contributed by atoms with van der Waals surface area (Å²) in [6.07, 6.45) is 0. The molecule has 0 saturated heterocycles. The number of carbonyl (C=O) groups is 1. The van der Waals surface area contributed by atoms with Crippen molar-refractivity contribution in [3.05, 3.63) is 34.9 Å². The molecule has 1 rings (SSSR count). The van der Waals surface area contributed by atoms with Crippen molar-refractivity contribution in [3.63, 3.8) is 0 Å². The molecule has 0 aliphatic carbocycles. The van der Waals surface area contributed by atoms with Crippen LogP contribution >= 0.6 is 11.6 Å². The summed E-state index contributed by atoms with van der Waals surface area (Å²) in [5.74, 6) is 0.0498. The Bertz CT molecular complexity index is 389. The van der Waals surface area contributed by atoms with Crippen LogP contribution in [0.5, 0.6) is 0 Å². The molecule has 0 aliphatic rings. The van der Waals surface area contributed by atoms with Gasteiger partial charge >= 0.3 is 0 Å². The van der Waals surface area contributed by atoms with Crippen molar-refractivity contribution in [2.45, 2.75) is 32.9 Å². The van der Waals surface area contributed by atoms with Crippen LogP contribution < -0.4 is 0 Å². The number of hydrogen-bond donors (Lipinski definition) is 1. The Hall–Kier alpha value is -0.900. The highest BCUT2D eigenvalue weighted by atomic mass is 35.5. The van der Waals surface area contributed by atoms with Crippen LogP contribution in [0.2, 0.25) is 5.02 Å². The van der Waals surface area contributed by atoms with Crippen molar-refractivity contribution in [2.75, 3.05) is 13.2 Å². The van der Waals surface area contributed by atoms with Gasteiger partial charge in [-0.05, 0) is 45.0 Å². The van der Waals surface area contributed by atoms with Crippen LogP contribution in [-0.4, -0.2) is 41.0 Å². The van der Waals surface area contributed by atoms with E-state index in [1.807, 2.05) is 25.7 Å². The van der Waals surface area contributed by atoms with Gasteiger partial charge in [0.25, 0.3) is 0 Å². The van der Waals surface area contributed by atoms with E-state index in [9.17, 15) is 4.79 Å². The van der Waals surface area contributed by atoms with Gasteiger partial charge in [-0.25, -0.2) is 0 Å². The van der Waals surface area contributed by atoms with Crippen molar-refractivity contribution in [3.8, 4) is 0 Å². The van der Waals surface area contributed by atoms with Gasteiger partial charge in [0.15, 0.2) is 5.78 Å². The van der Waals surface area contributed by atoms with Gasteiger partial charge in [-0.1, -0.05) is 11.6 Å². The summed E-state index contributed by atoms with van der Waals surface area (Å²) >= 11 is 5.80. The van der Waals surface area contributed by atoms with E-state index in [1.54, 1.807) is 24.3 Å². The molecule has 3 nitrogen and oxygen atoms in total. The zero-order valence-electron chi connectivity index (χ0n) is 11.1. The highest BCUT2D eigenvalue weighted by Crippen LogP contribution is 2.14. The molecule has 0 bridgehead atoms. The van der Waals surface area contributed by atoms with E-state index >= 15 is 0 Å². The first-order valence-corrected chi connectivity index (χ1v) is 6.51. The molecule has 0 aromatic heterocycles. The van der Waals surface area contributed by atoms with E-state index in [0.29, 0.717) is 17.1 Å². The van der Waals surface area contributed by atoms with Crippen LogP contribution in [0.3, 0.4) is 0 Å². The Kier molecular flexibility index (Phi) is 5.79. The molecule has 1 aromatic carbocycles. The minimum Gasteiger partial charge on any atom is -0.395 e. The Labute approximate surface area is 113 Å². The number of Topliss-reactive ketones (excluding diaryl/α,β-unsaturated/α-hetero) is 1. The van der Waals surface area contributed by atoms with Gasteiger partial charge in [0, 0.05) is 23.2 Å². The molecule has 1 N–H and O–H groups in total. The molecule has 100 valence electrons. The number of aliphatic hydroxyl groups excluding tert-OH is 1. The summed E-state index contributed by atoms with van der Waals surface area (Å²) in [7, 11) is 0. The number of benzene rings is 1. The second-order valence-corrected chi connectivity index (χ2v) is 5.04. The number of ketones is 1. The lowest BCUT2D eigenvalue weighted by atomic mass is 10.0. The summed E-state index contributed by atoms with van der Waals surface area (Å²) in [6, 6.07) is 6.86. The summed E-state index contributed by atoms with van der Waals surface area (Å²) in [5, 5.41) is 9.67. The van der Waals surface area contributed by atoms with Crippen LogP contribution in [0.4, 0.5) is 0 Å². The molecule has 1 aromatic rings. The maximum absolute atomic E-state index is 12.3. The standard InChI is InChI=1S/C14H20ClNO2/c1-10(2)16(8-9-17)11(3)14(18)12-4-6-13(15)7-5-12/h4-7,10-11,17H,8-9H2,1-3H3. The minimum atomic E-state index is -0.252. The van der Waals surface area contributed by atoms with E-state index in [1.165, 1.54) is 0 Å². The van der Waals surface area contributed by atoms with Gasteiger partial charge in [0.2, 0.25) is 0 Å². The predicted octanol–water partition coefficient (Wildman–Crippen LogP) is 2.61. The van der Waals surface area contributed by atoms with Crippen molar-refractivity contribution in [2.24, 2.45) is 0 Å². The van der Waals surface area contributed by atoms with E-state index in [-0.39, 0.29) is 24.5 Å². The highest BCUT2D eigenvalue weighted by Gasteiger charge is 2.23. The number of hydrogen-bond acceptors (Lipinski definition) is 3. The third-order valence-corrected chi connectivity index (χ3v) is 3.28. The monoisotopic (exact) mass is 269 g/mol. The lowest BCUT2D eigenvalue weighted by molar-refractivity contribution is 0.0743. The summed E-state index contributed by atoms with van der Waals surface area (Å²) in [5.41, 5.74) is 0.649. The molecule has 0 heterocycles. The predicted molar refractivity (Wildman–Crippen MR) is 74.2 cm³/mol. The summed E-state index contributed by atoms with van der Waals surface area (Å²) < 4.78 is 0. The second kappa shape index (κ2) is 6.88. The average molecular weight is 270 g/mol. The Balaban J connectivity index is 2.84. The van der Waals surface area contributed by atoms with Crippen LogP contribution in [0.15, 0.2) is 24.3 Å². The fourth-order valence-electron chi connectivity index (χ4n) is 2.02. The fraction of sp³-hybridized carbons (Fsp3) is 0.500. The molecule has 18 heavy (non-hydrogen) atoms. The van der Waals surface area contributed by atoms with Gasteiger partial charge < -0.3 is 5.11 Å². The van der Waals surface area contributed by atoms with Crippen LogP contribution in [0.25, 0.3) is 0 Å². The Morgan fingerprint density at radius 2 is 1.83 bits per heavy atom. The lowest BCUT2D eigenvalue weighted by Gasteiger charge is -2.31. The molecule has 0 radical (unpaired) electrons. The van der Waals surface area contributed by atoms with Crippen LogP contribution in [0, 0.1) is 0 Å². The molecule has 4 heteroatoms. The number of rotatable bonds is 6. The number of carbonyl (C=O) groups excluding carboxylic acids is 1. The van der Waals surface area contributed by atoms with Gasteiger partial charge in [-0.15, -0.1) is 0 Å². The quantitative estimate of drug-likeness (QED) is 0.807. The Morgan fingerprint density at radius 1 is 1.28 bits per heavy atom. The molecular formula is C14H20ClNO2. The minimum absolute atomic E-state index is 0.0498. The smallest absolute Gasteiger partial charge is 0.179 e. The van der Waals surface area contributed by atoms with E-state index < -0.39 is 0 Å². The summed E-state index contributed by atoms with van der Waals surface area (Å²) in [4.78, 5) is 14.3. The normalized spacial score (nSPS) is 13.1. The zero-order chi connectivity index (χ0) is 13.7. The zero-order valence-corrected chi connectivity index (χ0v) is 11.8. The third-order valence-electron chi connectivity index (χ3n) is 3.03. The molecule has 0 fully saturated rings. The van der Waals surface area contributed by atoms with E-state index in [4.69, 9.17) is 16.7 Å². The molecule has 1 unspecified atom stereocenters. The van der Waals surface area contributed by atoms with E-state index in [2.05, 4.69) is 0 Å². The van der Waals surface area contributed by atoms with Gasteiger partial charge in [0.1, 0.15) is 0 Å². The first-order chi connectivity index (χ1) is 8.47. The molecule has 0 amide bonds. The maximum Gasteiger partial charge on any atom is 0.179 e. The number of halogens is 1. The van der Waals surface area contributed by atoms with Gasteiger partial charge in [-0.2, -0.15) is 0 Å². The molecule has 0 spiro atoms. The van der Waals surface area contributed by atoms with E-state index in [0.717, 1.165) is 0 Å². The first-order valence-electron chi connectivity index (χ1n) is 6.13. The average Bonchev–Trinajstić information content (AvgIpc) is 2.35. The lowest BCUT2D eigenvalue weighted by Crippen LogP contribution is -2.44. The fourth-order valence-corrected chi connectivity index (χ4v) is 2.15. The largest absolute Gasteiger partial charge is 0.395 e. The molecular weight excluding hydrogens is 250 g/mol. The second-order valence-electron chi connectivity index (χ2n) is 4.60. The summed E-state index contributed by atoms with van der Waals surface area (Å²) in [6.45, 7) is 6.45. The van der Waals surface area contributed by atoms with Crippen molar-refractivity contribution >= 4 is 17.4 Å². The van der Waals surface area contributed by atoms with Crippen molar-refractivity contribution < 1.29 is 9.90 Å². The number of nitrogens with zero attached hydrogens (tertiary/aromatic N) is 1. The molecule has 1 atom stereocenters. The third kappa shape index (κ3) is 3.80. The Morgan fingerprint density at radius 3 is 2.28 bits per heavy atom. The SMILES string of the molecule is CC(C)N(CCO)C(C)C(=O)c1ccc(Cl)cc1. The highest BCUT2D eigenvalue weighted by molar-refractivity contribution is 6.30. The number of aliphatic hydroxyl groups is 1.